The van der Waals surface area contributed by atoms with E-state index in [4.69, 9.17) is 10.5 Å². The van der Waals surface area contributed by atoms with E-state index in [1.54, 1.807) is 4.90 Å². The lowest BCUT2D eigenvalue weighted by Crippen LogP contribution is -2.41. The van der Waals surface area contributed by atoms with Gasteiger partial charge in [-0.3, -0.25) is 9.78 Å². The minimum atomic E-state index is -0.155. The van der Waals surface area contributed by atoms with Gasteiger partial charge in [-0.1, -0.05) is 0 Å². The third-order valence-corrected chi connectivity index (χ3v) is 3.23. The number of piperidine rings is 1. The van der Waals surface area contributed by atoms with Gasteiger partial charge in [-0.2, -0.15) is 0 Å². The second-order valence-electron chi connectivity index (χ2n) is 4.54. The maximum atomic E-state index is 12.2. The number of carbonyl (C=O) groups excluding carboxylic acids is 1. The average molecular weight is 265 g/mol. The number of carbonyl (C=O) groups is 1. The van der Waals surface area contributed by atoms with E-state index in [1.165, 1.54) is 18.5 Å². The molecule has 104 valence electrons. The van der Waals surface area contributed by atoms with E-state index in [0.29, 0.717) is 31.8 Å². The summed E-state index contributed by atoms with van der Waals surface area (Å²) < 4.78 is 5.57. The predicted octanol–water partition coefficient (Wildman–Crippen LogP) is 0.367. The monoisotopic (exact) mass is 265 g/mol. The van der Waals surface area contributed by atoms with Crippen molar-refractivity contribution in [2.45, 2.75) is 18.9 Å². The summed E-state index contributed by atoms with van der Waals surface area (Å²) in [6, 6.07) is 1.54. The molecule has 0 spiro atoms. The third-order valence-electron chi connectivity index (χ3n) is 3.23. The van der Waals surface area contributed by atoms with Crippen LogP contribution in [0.2, 0.25) is 0 Å². The van der Waals surface area contributed by atoms with Crippen LogP contribution in [0.1, 0.15) is 23.2 Å². The summed E-state index contributed by atoms with van der Waals surface area (Å²) in [6.45, 7) is 2.35. The zero-order chi connectivity index (χ0) is 13.7. The minimum absolute atomic E-state index is 0.0750. The first kappa shape index (κ1) is 13.8. The Hall–Kier alpha value is -1.66. The van der Waals surface area contributed by atoms with Crippen molar-refractivity contribution in [2.75, 3.05) is 26.2 Å². The number of hydrogen-bond acceptors (Lipinski definition) is 5. The SMILES string of the molecule is NCCOC1CCN(C(=O)c2ccncc2O)CC1. The van der Waals surface area contributed by atoms with Crippen LogP contribution in [0.4, 0.5) is 0 Å². The minimum Gasteiger partial charge on any atom is -0.505 e. The fraction of sp³-hybridized carbons (Fsp3) is 0.538. The molecule has 2 rings (SSSR count). The molecule has 1 aliphatic rings. The quantitative estimate of drug-likeness (QED) is 0.821. The van der Waals surface area contributed by atoms with Crippen LogP contribution in [-0.2, 0) is 4.74 Å². The molecule has 0 bridgehead atoms. The molecule has 6 nitrogen and oxygen atoms in total. The lowest BCUT2D eigenvalue weighted by Gasteiger charge is -2.32. The molecule has 19 heavy (non-hydrogen) atoms. The second kappa shape index (κ2) is 6.49. The van der Waals surface area contributed by atoms with Crippen molar-refractivity contribution >= 4 is 5.91 Å². The van der Waals surface area contributed by atoms with Crippen molar-refractivity contribution in [1.82, 2.24) is 9.88 Å². The maximum absolute atomic E-state index is 12.2. The van der Waals surface area contributed by atoms with Crippen LogP contribution in [0.5, 0.6) is 5.75 Å². The summed E-state index contributed by atoms with van der Waals surface area (Å²) in [7, 11) is 0. The molecule has 1 aromatic heterocycles. The fourth-order valence-electron chi connectivity index (χ4n) is 2.20. The summed E-state index contributed by atoms with van der Waals surface area (Å²) in [5.74, 6) is -0.230. The number of likely N-dealkylation sites (tertiary alicyclic amines) is 1. The molecule has 1 amide bonds. The molecule has 1 fully saturated rings. The van der Waals surface area contributed by atoms with Crippen LogP contribution in [0.15, 0.2) is 18.5 Å². The molecular formula is C13H19N3O3. The van der Waals surface area contributed by atoms with Gasteiger partial charge in [0.25, 0.3) is 5.91 Å². The van der Waals surface area contributed by atoms with Crippen LogP contribution < -0.4 is 5.73 Å². The molecular weight excluding hydrogens is 246 g/mol. The van der Waals surface area contributed by atoms with Gasteiger partial charge in [-0.15, -0.1) is 0 Å². The maximum Gasteiger partial charge on any atom is 0.257 e. The molecule has 1 aliphatic heterocycles. The van der Waals surface area contributed by atoms with Gasteiger partial charge in [-0.05, 0) is 18.9 Å². The number of hydrogen-bond donors (Lipinski definition) is 2. The van der Waals surface area contributed by atoms with Crippen LogP contribution in [0.25, 0.3) is 0 Å². The Morgan fingerprint density at radius 2 is 2.26 bits per heavy atom. The Morgan fingerprint density at radius 1 is 1.53 bits per heavy atom. The number of nitrogens with zero attached hydrogens (tertiary/aromatic N) is 2. The average Bonchev–Trinajstić information content (AvgIpc) is 2.45. The van der Waals surface area contributed by atoms with Crippen LogP contribution in [-0.4, -0.2) is 53.2 Å². The number of nitrogens with two attached hydrogens (primary N) is 1. The Balaban J connectivity index is 1.91. The highest BCUT2D eigenvalue weighted by molar-refractivity contribution is 5.96. The van der Waals surface area contributed by atoms with Gasteiger partial charge in [0.15, 0.2) is 0 Å². The van der Waals surface area contributed by atoms with Crippen LogP contribution >= 0.6 is 0 Å². The Kier molecular flexibility index (Phi) is 4.70. The zero-order valence-corrected chi connectivity index (χ0v) is 10.8. The first-order valence-electron chi connectivity index (χ1n) is 6.46. The highest BCUT2D eigenvalue weighted by Gasteiger charge is 2.25. The molecule has 3 N–H and O–H groups in total. The van der Waals surface area contributed by atoms with Crippen LogP contribution in [0, 0.1) is 0 Å². The molecule has 2 heterocycles. The van der Waals surface area contributed by atoms with E-state index < -0.39 is 0 Å². The number of rotatable bonds is 4. The molecule has 0 atom stereocenters. The molecule has 0 aromatic carbocycles. The number of aromatic nitrogens is 1. The number of amides is 1. The van der Waals surface area contributed by atoms with Gasteiger partial charge < -0.3 is 20.5 Å². The number of aromatic hydroxyl groups is 1. The first-order chi connectivity index (χ1) is 9.22. The third kappa shape index (κ3) is 3.42. The van der Waals surface area contributed by atoms with Crippen molar-refractivity contribution < 1.29 is 14.6 Å². The summed E-state index contributed by atoms with van der Waals surface area (Å²) in [5, 5.41) is 9.63. The predicted molar refractivity (Wildman–Crippen MR) is 69.8 cm³/mol. The van der Waals surface area contributed by atoms with Gasteiger partial charge >= 0.3 is 0 Å². The van der Waals surface area contributed by atoms with Crippen molar-refractivity contribution in [3.8, 4) is 5.75 Å². The van der Waals surface area contributed by atoms with E-state index in [-0.39, 0.29) is 17.8 Å². The molecule has 6 heteroatoms. The standard InChI is InChI=1S/C13H19N3O3/c14-4-8-19-10-2-6-16(7-3-10)13(18)11-1-5-15-9-12(11)17/h1,5,9-10,17H,2-4,6-8,14H2. The summed E-state index contributed by atoms with van der Waals surface area (Å²) in [5.41, 5.74) is 5.69. The molecule has 0 aliphatic carbocycles. The Labute approximate surface area is 112 Å². The lowest BCUT2D eigenvalue weighted by molar-refractivity contribution is 0.0121. The molecule has 0 radical (unpaired) electrons. The number of pyridine rings is 1. The summed E-state index contributed by atoms with van der Waals surface area (Å²) >= 11 is 0. The van der Waals surface area contributed by atoms with Crippen molar-refractivity contribution in [3.63, 3.8) is 0 Å². The van der Waals surface area contributed by atoms with Gasteiger partial charge in [0.05, 0.1) is 24.5 Å². The first-order valence-corrected chi connectivity index (χ1v) is 6.46. The van der Waals surface area contributed by atoms with Crippen LogP contribution in [0.3, 0.4) is 0 Å². The van der Waals surface area contributed by atoms with E-state index in [9.17, 15) is 9.90 Å². The van der Waals surface area contributed by atoms with Crippen molar-refractivity contribution in [3.05, 3.63) is 24.0 Å². The van der Waals surface area contributed by atoms with E-state index in [0.717, 1.165) is 12.8 Å². The molecule has 1 saturated heterocycles. The molecule has 1 aromatic rings. The van der Waals surface area contributed by atoms with Gasteiger partial charge in [0, 0.05) is 25.8 Å². The fourth-order valence-corrected chi connectivity index (χ4v) is 2.20. The number of ether oxygens (including phenoxy) is 1. The van der Waals surface area contributed by atoms with E-state index in [1.807, 2.05) is 0 Å². The highest BCUT2D eigenvalue weighted by Crippen LogP contribution is 2.20. The lowest BCUT2D eigenvalue weighted by atomic mass is 10.1. The Morgan fingerprint density at radius 3 is 2.89 bits per heavy atom. The van der Waals surface area contributed by atoms with Crippen molar-refractivity contribution in [1.29, 1.82) is 0 Å². The van der Waals surface area contributed by atoms with Gasteiger partial charge in [0.2, 0.25) is 0 Å². The summed E-state index contributed by atoms with van der Waals surface area (Å²) in [4.78, 5) is 17.7. The second-order valence-corrected chi connectivity index (χ2v) is 4.54. The van der Waals surface area contributed by atoms with Gasteiger partial charge in [0.1, 0.15) is 5.75 Å². The largest absolute Gasteiger partial charge is 0.505 e. The highest BCUT2D eigenvalue weighted by atomic mass is 16.5. The van der Waals surface area contributed by atoms with E-state index >= 15 is 0 Å². The molecule has 0 saturated carbocycles. The summed E-state index contributed by atoms with van der Waals surface area (Å²) in [6.07, 6.45) is 4.57. The Bertz CT molecular complexity index is 431. The smallest absolute Gasteiger partial charge is 0.257 e. The van der Waals surface area contributed by atoms with E-state index in [2.05, 4.69) is 4.98 Å². The van der Waals surface area contributed by atoms with Gasteiger partial charge in [-0.25, -0.2) is 0 Å². The topological polar surface area (TPSA) is 88.7 Å². The molecule has 0 unspecified atom stereocenters. The zero-order valence-electron chi connectivity index (χ0n) is 10.8. The van der Waals surface area contributed by atoms with Crippen molar-refractivity contribution in [2.24, 2.45) is 5.73 Å². The normalized spacial score (nSPS) is 16.6.